The van der Waals surface area contributed by atoms with E-state index in [1.54, 1.807) is 0 Å². The third-order valence-electron chi connectivity index (χ3n) is 5.79. The normalized spacial score (nSPS) is 15.7. The first-order chi connectivity index (χ1) is 15.0. The summed E-state index contributed by atoms with van der Waals surface area (Å²) in [5.41, 5.74) is 4.47. The first-order valence-electron chi connectivity index (χ1n) is 10.0. The van der Waals surface area contributed by atoms with Gasteiger partial charge < -0.3 is 4.57 Å². The molecule has 1 atom stereocenters. The number of benzene rings is 3. The molecular weight excluding hydrogens is 460 g/mol. The molecule has 2 nitrogen and oxygen atoms in total. The van der Waals surface area contributed by atoms with Crippen molar-refractivity contribution in [2.24, 2.45) is 0 Å². The summed E-state index contributed by atoms with van der Waals surface area (Å²) in [6.45, 7) is 0. The highest BCUT2D eigenvalue weighted by Gasteiger charge is 2.31. The van der Waals surface area contributed by atoms with Gasteiger partial charge in [0.2, 0.25) is 0 Å². The van der Waals surface area contributed by atoms with E-state index in [9.17, 15) is 13.6 Å². The molecular formula is C26H18BrF2NO. The van der Waals surface area contributed by atoms with Gasteiger partial charge in [0.25, 0.3) is 0 Å². The van der Waals surface area contributed by atoms with E-state index in [1.165, 1.54) is 12.1 Å². The van der Waals surface area contributed by atoms with Crippen molar-refractivity contribution in [2.75, 3.05) is 0 Å². The summed E-state index contributed by atoms with van der Waals surface area (Å²) in [5, 5.41) is 0. The van der Waals surface area contributed by atoms with Crippen LogP contribution in [0.5, 0.6) is 0 Å². The summed E-state index contributed by atoms with van der Waals surface area (Å²) >= 11 is 3.44. The minimum absolute atomic E-state index is 0.0195. The van der Waals surface area contributed by atoms with Gasteiger partial charge >= 0.3 is 0 Å². The van der Waals surface area contributed by atoms with Crippen LogP contribution in [0.4, 0.5) is 8.78 Å². The van der Waals surface area contributed by atoms with Gasteiger partial charge in [0, 0.05) is 28.2 Å². The Bertz CT molecular complexity index is 1260. The van der Waals surface area contributed by atoms with Crippen LogP contribution in [0, 0.1) is 11.6 Å². The molecule has 0 spiro atoms. The zero-order valence-electron chi connectivity index (χ0n) is 16.5. The van der Waals surface area contributed by atoms with Crippen LogP contribution in [0.3, 0.4) is 0 Å². The maximum Gasteiger partial charge on any atom is 0.165 e. The molecule has 0 bridgehead atoms. The standard InChI is InChI=1S/C26H18BrF2NO/c27-19-8-6-17(7-9-19)24-15-23-25(30(24)22-13-20(28)12-21(29)14-22)10-18(11-26(23)31)16-4-2-1-3-5-16/h1-9,12-15,18H,10-11H2. The Morgan fingerprint density at radius 1 is 0.839 bits per heavy atom. The van der Waals surface area contributed by atoms with Crippen molar-refractivity contribution in [3.63, 3.8) is 0 Å². The highest BCUT2D eigenvalue weighted by Crippen LogP contribution is 2.39. The van der Waals surface area contributed by atoms with Crippen molar-refractivity contribution < 1.29 is 13.6 Å². The Hall–Kier alpha value is -3.05. The number of fused-ring (bicyclic) bond motifs is 1. The predicted molar refractivity (Wildman–Crippen MR) is 121 cm³/mol. The van der Waals surface area contributed by atoms with E-state index in [0.29, 0.717) is 24.1 Å². The molecule has 0 saturated heterocycles. The number of carbonyl (C=O) groups is 1. The molecule has 1 unspecified atom stereocenters. The molecule has 5 rings (SSSR count). The SMILES string of the molecule is O=C1CC(c2ccccc2)Cc2c1cc(-c1ccc(Br)cc1)n2-c1cc(F)cc(F)c1. The monoisotopic (exact) mass is 477 g/mol. The van der Waals surface area contributed by atoms with E-state index in [1.807, 2.05) is 65.2 Å². The second-order valence-corrected chi connectivity index (χ2v) is 8.71. The van der Waals surface area contributed by atoms with Gasteiger partial charge in [-0.05, 0) is 53.8 Å². The highest BCUT2D eigenvalue weighted by atomic mass is 79.9. The molecule has 31 heavy (non-hydrogen) atoms. The molecule has 0 radical (unpaired) electrons. The van der Waals surface area contributed by atoms with Gasteiger partial charge in [-0.1, -0.05) is 58.4 Å². The van der Waals surface area contributed by atoms with Crippen molar-refractivity contribution in [2.45, 2.75) is 18.8 Å². The second-order valence-electron chi connectivity index (χ2n) is 7.80. The first kappa shape index (κ1) is 19.9. The Morgan fingerprint density at radius 3 is 2.19 bits per heavy atom. The van der Waals surface area contributed by atoms with Crippen molar-refractivity contribution in [1.82, 2.24) is 4.57 Å². The van der Waals surface area contributed by atoms with Crippen LogP contribution in [0.25, 0.3) is 16.9 Å². The molecule has 3 aromatic carbocycles. The van der Waals surface area contributed by atoms with Crippen LogP contribution in [0.1, 0.15) is 34.0 Å². The van der Waals surface area contributed by atoms with E-state index >= 15 is 0 Å². The average molecular weight is 478 g/mol. The third-order valence-corrected chi connectivity index (χ3v) is 6.32. The highest BCUT2D eigenvalue weighted by molar-refractivity contribution is 9.10. The van der Waals surface area contributed by atoms with Gasteiger partial charge in [-0.2, -0.15) is 0 Å². The van der Waals surface area contributed by atoms with Crippen LogP contribution >= 0.6 is 15.9 Å². The maximum absolute atomic E-state index is 14.1. The van der Waals surface area contributed by atoms with Gasteiger partial charge in [-0.15, -0.1) is 0 Å². The Morgan fingerprint density at radius 2 is 1.52 bits per heavy atom. The Kier molecular flexibility index (Phi) is 5.06. The van der Waals surface area contributed by atoms with E-state index in [4.69, 9.17) is 0 Å². The van der Waals surface area contributed by atoms with Gasteiger partial charge in [0.15, 0.2) is 5.78 Å². The summed E-state index contributed by atoms with van der Waals surface area (Å²) in [5.74, 6) is -1.24. The number of Topliss-reactive ketones (excluding diaryl/α,β-unsaturated/α-hetero) is 1. The van der Waals surface area contributed by atoms with E-state index in [0.717, 1.165) is 33.1 Å². The fraction of sp³-hybridized carbons (Fsp3) is 0.115. The number of ketones is 1. The summed E-state index contributed by atoms with van der Waals surface area (Å²) in [4.78, 5) is 13.1. The third kappa shape index (κ3) is 3.74. The maximum atomic E-state index is 14.1. The molecule has 1 aromatic heterocycles. The van der Waals surface area contributed by atoms with E-state index in [-0.39, 0.29) is 11.7 Å². The number of aromatic nitrogens is 1. The lowest BCUT2D eigenvalue weighted by Crippen LogP contribution is -2.20. The molecule has 1 heterocycles. The molecule has 4 aromatic rings. The smallest absolute Gasteiger partial charge is 0.165 e. The molecule has 0 N–H and O–H groups in total. The summed E-state index contributed by atoms with van der Waals surface area (Å²) < 4.78 is 31.0. The molecule has 1 aliphatic rings. The van der Waals surface area contributed by atoms with E-state index in [2.05, 4.69) is 15.9 Å². The lowest BCUT2D eigenvalue weighted by Gasteiger charge is -2.24. The Balaban J connectivity index is 1.73. The van der Waals surface area contributed by atoms with Crippen LogP contribution < -0.4 is 0 Å². The average Bonchev–Trinajstić information content (AvgIpc) is 3.14. The van der Waals surface area contributed by atoms with Crippen molar-refractivity contribution in [3.05, 3.63) is 112 Å². The molecule has 5 heteroatoms. The zero-order valence-corrected chi connectivity index (χ0v) is 18.1. The fourth-order valence-electron chi connectivity index (χ4n) is 4.39. The number of rotatable bonds is 3. The molecule has 0 saturated carbocycles. The molecule has 0 amide bonds. The van der Waals surface area contributed by atoms with Crippen LogP contribution in [0.2, 0.25) is 0 Å². The summed E-state index contributed by atoms with van der Waals surface area (Å²) in [6, 6.07) is 22.9. The lowest BCUT2D eigenvalue weighted by molar-refractivity contribution is 0.0963. The minimum atomic E-state index is -0.652. The Labute approximate surface area is 187 Å². The molecule has 0 aliphatic heterocycles. The number of carbonyl (C=O) groups excluding carboxylic acids is 1. The van der Waals surface area contributed by atoms with Crippen LogP contribution in [-0.2, 0) is 6.42 Å². The van der Waals surface area contributed by atoms with Gasteiger partial charge in [-0.25, -0.2) is 8.78 Å². The number of hydrogen-bond donors (Lipinski definition) is 0. The predicted octanol–water partition coefficient (Wildman–Crippen LogP) is 7.10. The number of hydrogen-bond acceptors (Lipinski definition) is 1. The van der Waals surface area contributed by atoms with Gasteiger partial charge in [0.1, 0.15) is 11.6 Å². The number of nitrogens with zero attached hydrogens (tertiary/aromatic N) is 1. The molecule has 0 fully saturated rings. The molecule has 154 valence electrons. The van der Waals surface area contributed by atoms with Crippen LogP contribution in [-0.4, -0.2) is 10.4 Å². The largest absolute Gasteiger partial charge is 0.313 e. The summed E-state index contributed by atoms with van der Waals surface area (Å²) in [6.07, 6.45) is 1.03. The topological polar surface area (TPSA) is 22.0 Å². The van der Waals surface area contributed by atoms with Gasteiger partial charge in [-0.3, -0.25) is 4.79 Å². The van der Waals surface area contributed by atoms with Crippen molar-refractivity contribution >= 4 is 21.7 Å². The summed E-state index contributed by atoms with van der Waals surface area (Å²) in [7, 11) is 0. The van der Waals surface area contributed by atoms with Crippen molar-refractivity contribution in [1.29, 1.82) is 0 Å². The zero-order chi connectivity index (χ0) is 21.5. The first-order valence-corrected chi connectivity index (χ1v) is 10.8. The van der Waals surface area contributed by atoms with Crippen LogP contribution in [0.15, 0.2) is 83.3 Å². The minimum Gasteiger partial charge on any atom is -0.313 e. The van der Waals surface area contributed by atoms with Crippen molar-refractivity contribution in [3.8, 4) is 16.9 Å². The quantitative estimate of drug-likeness (QED) is 0.308. The fourth-order valence-corrected chi connectivity index (χ4v) is 4.65. The number of halogens is 3. The van der Waals surface area contributed by atoms with Gasteiger partial charge in [0.05, 0.1) is 11.4 Å². The van der Waals surface area contributed by atoms with E-state index < -0.39 is 11.6 Å². The second kappa shape index (κ2) is 7.89. The lowest BCUT2D eigenvalue weighted by atomic mass is 9.82. The molecule has 1 aliphatic carbocycles.